The van der Waals surface area contributed by atoms with Gasteiger partial charge in [0.05, 0.1) is 0 Å². The number of fused-ring (bicyclic) bond motifs is 1. The first-order chi connectivity index (χ1) is 8.84. The zero-order valence-electron chi connectivity index (χ0n) is 10.2. The van der Waals surface area contributed by atoms with E-state index in [0.717, 1.165) is 55.1 Å². The minimum Gasteiger partial charge on any atom is -0.454 e. The molecule has 2 heterocycles. The second kappa shape index (κ2) is 5.47. The molecule has 0 spiro atoms. The van der Waals surface area contributed by atoms with Crippen molar-refractivity contribution in [1.29, 1.82) is 0 Å². The number of ether oxygens (including phenoxy) is 2. The number of hydrogen-bond donors (Lipinski definition) is 1. The highest BCUT2D eigenvalue weighted by molar-refractivity contribution is 9.10. The average molecular weight is 313 g/mol. The quantitative estimate of drug-likeness (QED) is 0.920. The molecule has 2 aliphatic rings. The summed E-state index contributed by atoms with van der Waals surface area (Å²) in [6, 6.07) is 4.00. The first kappa shape index (κ1) is 12.3. The predicted octanol–water partition coefficient (Wildman–Crippen LogP) is 1.63. The van der Waals surface area contributed by atoms with E-state index in [-0.39, 0.29) is 0 Å². The first-order valence-electron chi connectivity index (χ1n) is 6.34. The molecule has 0 saturated carbocycles. The largest absolute Gasteiger partial charge is 0.454 e. The van der Waals surface area contributed by atoms with Crippen LogP contribution in [0.25, 0.3) is 0 Å². The highest BCUT2D eigenvalue weighted by atomic mass is 79.9. The van der Waals surface area contributed by atoms with E-state index in [1.54, 1.807) is 0 Å². The van der Waals surface area contributed by atoms with Gasteiger partial charge in [-0.05, 0) is 18.6 Å². The summed E-state index contributed by atoms with van der Waals surface area (Å²) in [5, 5.41) is 3.37. The van der Waals surface area contributed by atoms with E-state index in [2.05, 4.69) is 26.1 Å². The van der Waals surface area contributed by atoms with Gasteiger partial charge in [0.25, 0.3) is 0 Å². The zero-order chi connectivity index (χ0) is 12.4. The Bertz CT molecular complexity index is 433. The summed E-state index contributed by atoms with van der Waals surface area (Å²) in [6.07, 6.45) is 0.993. The lowest BCUT2D eigenvalue weighted by molar-refractivity contribution is 0.173. The van der Waals surface area contributed by atoms with Gasteiger partial charge in [-0.15, -0.1) is 0 Å². The second-order valence-electron chi connectivity index (χ2n) is 4.60. The van der Waals surface area contributed by atoms with Crippen molar-refractivity contribution in [3.63, 3.8) is 0 Å². The van der Waals surface area contributed by atoms with Crippen LogP contribution in [0.3, 0.4) is 0 Å². The van der Waals surface area contributed by atoms with E-state index in [4.69, 9.17) is 9.47 Å². The Morgan fingerprint density at radius 1 is 1.22 bits per heavy atom. The summed E-state index contributed by atoms with van der Waals surface area (Å²) in [6.45, 7) is 5.85. The van der Waals surface area contributed by atoms with Crippen LogP contribution in [0, 0.1) is 0 Å². The molecule has 5 heteroatoms. The number of nitrogens with zero attached hydrogens (tertiary/aromatic N) is 1. The van der Waals surface area contributed by atoms with Crippen LogP contribution in [-0.4, -0.2) is 44.4 Å². The predicted molar refractivity (Wildman–Crippen MR) is 73.3 cm³/mol. The van der Waals surface area contributed by atoms with E-state index in [9.17, 15) is 0 Å². The summed E-state index contributed by atoms with van der Waals surface area (Å²) >= 11 is 3.61. The van der Waals surface area contributed by atoms with Crippen LogP contribution in [0.5, 0.6) is 11.5 Å². The topological polar surface area (TPSA) is 33.7 Å². The molecule has 0 aliphatic carbocycles. The Hall–Kier alpha value is -0.780. The molecular weight excluding hydrogens is 296 g/mol. The maximum Gasteiger partial charge on any atom is 0.231 e. The smallest absolute Gasteiger partial charge is 0.231 e. The van der Waals surface area contributed by atoms with Gasteiger partial charge in [-0.1, -0.05) is 15.9 Å². The molecule has 4 nitrogen and oxygen atoms in total. The summed E-state index contributed by atoms with van der Waals surface area (Å²) in [5.41, 5.74) is 1.23. The van der Waals surface area contributed by atoms with Gasteiger partial charge in [-0.3, -0.25) is 0 Å². The highest BCUT2D eigenvalue weighted by Crippen LogP contribution is 2.39. The third-order valence-electron chi connectivity index (χ3n) is 3.47. The van der Waals surface area contributed by atoms with Crippen molar-refractivity contribution in [2.24, 2.45) is 0 Å². The van der Waals surface area contributed by atoms with E-state index >= 15 is 0 Å². The van der Waals surface area contributed by atoms with Crippen LogP contribution >= 0.6 is 15.9 Å². The van der Waals surface area contributed by atoms with Crippen LogP contribution in [0.2, 0.25) is 0 Å². The van der Waals surface area contributed by atoms with Gasteiger partial charge >= 0.3 is 0 Å². The van der Waals surface area contributed by atoms with Crippen molar-refractivity contribution < 1.29 is 9.47 Å². The molecule has 1 N–H and O–H groups in total. The van der Waals surface area contributed by atoms with Crippen LogP contribution in [-0.2, 0) is 6.42 Å². The molecule has 0 unspecified atom stereocenters. The number of benzene rings is 1. The molecule has 0 amide bonds. The monoisotopic (exact) mass is 312 g/mol. The summed E-state index contributed by atoms with van der Waals surface area (Å²) < 4.78 is 12.1. The summed E-state index contributed by atoms with van der Waals surface area (Å²) in [5.74, 6) is 1.79. The lowest BCUT2D eigenvalue weighted by atomic mass is 10.1. The summed E-state index contributed by atoms with van der Waals surface area (Å²) in [4.78, 5) is 2.48. The standard InChI is InChI=1S/C13H17BrN2O2/c14-11-1-2-12-13(18-9-17-12)10(11)3-6-16-7-4-15-5-8-16/h1-2,15H,3-9H2. The van der Waals surface area contributed by atoms with Crippen LogP contribution < -0.4 is 14.8 Å². The normalized spacial score (nSPS) is 19.2. The number of nitrogens with one attached hydrogen (secondary N) is 1. The molecule has 0 atom stereocenters. The molecule has 0 bridgehead atoms. The van der Waals surface area contributed by atoms with Gasteiger partial charge in [0.2, 0.25) is 6.79 Å². The van der Waals surface area contributed by atoms with Crippen molar-refractivity contribution in [2.45, 2.75) is 6.42 Å². The molecule has 2 aliphatic heterocycles. The van der Waals surface area contributed by atoms with Crippen molar-refractivity contribution in [3.8, 4) is 11.5 Å². The molecule has 0 aromatic heterocycles. The van der Waals surface area contributed by atoms with Gasteiger partial charge < -0.3 is 19.7 Å². The fourth-order valence-corrected chi connectivity index (χ4v) is 2.95. The van der Waals surface area contributed by atoms with E-state index in [1.165, 1.54) is 5.56 Å². The van der Waals surface area contributed by atoms with Gasteiger partial charge in [0.15, 0.2) is 11.5 Å². The molecule has 18 heavy (non-hydrogen) atoms. The van der Waals surface area contributed by atoms with Gasteiger partial charge in [0, 0.05) is 42.8 Å². The maximum absolute atomic E-state index is 5.57. The third-order valence-corrected chi connectivity index (χ3v) is 4.22. The van der Waals surface area contributed by atoms with Crippen LogP contribution in [0.4, 0.5) is 0 Å². The lowest BCUT2D eigenvalue weighted by Crippen LogP contribution is -2.44. The molecule has 98 valence electrons. The number of rotatable bonds is 3. The molecule has 1 aromatic rings. The summed E-state index contributed by atoms with van der Waals surface area (Å²) in [7, 11) is 0. The van der Waals surface area contributed by atoms with Crippen molar-refractivity contribution in [2.75, 3.05) is 39.5 Å². The Labute approximate surface area is 115 Å². The Kier molecular flexibility index (Phi) is 3.72. The Morgan fingerprint density at radius 2 is 2.06 bits per heavy atom. The maximum atomic E-state index is 5.57. The zero-order valence-corrected chi connectivity index (χ0v) is 11.8. The van der Waals surface area contributed by atoms with E-state index in [1.807, 2.05) is 12.1 Å². The van der Waals surface area contributed by atoms with E-state index < -0.39 is 0 Å². The highest BCUT2D eigenvalue weighted by Gasteiger charge is 2.20. The Morgan fingerprint density at radius 3 is 2.89 bits per heavy atom. The first-order valence-corrected chi connectivity index (χ1v) is 7.14. The minimum absolute atomic E-state index is 0.340. The lowest BCUT2D eigenvalue weighted by Gasteiger charge is -2.27. The van der Waals surface area contributed by atoms with Gasteiger partial charge in [0.1, 0.15) is 0 Å². The van der Waals surface area contributed by atoms with Crippen molar-refractivity contribution >= 4 is 15.9 Å². The molecule has 0 radical (unpaired) electrons. The fraction of sp³-hybridized carbons (Fsp3) is 0.538. The minimum atomic E-state index is 0.340. The van der Waals surface area contributed by atoms with Crippen LogP contribution in [0.15, 0.2) is 16.6 Å². The Balaban J connectivity index is 1.70. The van der Waals surface area contributed by atoms with Crippen molar-refractivity contribution in [3.05, 3.63) is 22.2 Å². The molecule has 1 saturated heterocycles. The van der Waals surface area contributed by atoms with Gasteiger partial charge in [-0.2, -0.15) is 0 Å². The third kappa shape index (κ3) is 2.48. The molecule has 1 aromatic carbocycles. The average Bonchev–Trinajstić information content (AvgIpc) is 2.87. The number of piperazine rings is 1. The van der Waals surface area contributed by atoms with Crippen molar-refractivity contribution in [1.82, 2.24) is 10.2 Å². The fourth-order valence-electron chi connectivity index (χ4n) is 2.44. The SMILES string of the molecule is Brc1ccc2c(c1CCN1CCNCC1)OCO2. The molecule has 3 rings (SSSR count). The number of hydrogen-bond acceptors (Lipinski definition) is 4. The molecular formula is C13H17BrN2O2. The molecule has 1 fully saturated rings. The van der Waals surface area contributed by atoms with Gasteiger partial charge in [-0.25, -0.2) is 0 Å². The number of halogens is 1. The van der Waals surface area contributed by atoms with Crippen LogP contribution in [0.1, 0.15) is 5.56 Å². The van der Waals surface area contributed by atoms with E-state index in [0.29, 0.717) is 6.79 Å². The second-order valence-corrected chi connectivity index (χ2v) is 5.46.